The van der Waals surface area contributed by atoms with E-state index >= 15 is 0 Å². The molecule has 0 spiro atoms. The highest BCUT2D eigenvalue weighted by atomic mass is 16.6. The van der Waals surface area contributed by atoms with E-state index < -0.39 is 5.97 Å². The van der Waals surface area contributed by atoms with Gasteiger partial charge in [-0.3, -0.25) is 0 Å². The number of nitrogens with one attached hydrogen (secondary N) is 1. The summed E-state index contributed by atoms with van der Waals surface area (Å²) in [6.07, 6.45) is 1.35. The van der Waals surface area contributed by atoms with Crippen LogP contribution in [-0.2, 0) is 18.9 Å². The minimum absolute atomic E-state index is 0.111. The number of anilines is 2. The zero-order valence-corrected chi connectivity index (χ0v) is 18.7. The van der Waals surface area contributed by atoms with Crippen LogP contribution in [0.4, 0.5) is 11.6 Å². The average molecular weight is 465 g/mol. The molecule has 5 rings (SSSR count). The zero-order valence-electron chi connectivity index (χ0n) is 18.7. The molecule has 0 saturated carbocycles. The lowest BCUT2D eigenvalue weighted by atomic mass is 10.2. The van der Waals surface area contributed by atoms with E-state index in [1.54, 1.807) is 37.6 Å². The summed E-state index contributed by atoms with van der Waals surface area (Å²) in [4.78, 5) is 21.1. The molecule has 4 heterocycles. The number of aromatic nitrogens is 3. The zero-order chi connectivity index (χ0) is 23.7. The lowest BCUT2D eigenvalue weighted by molar-refractivity contribution is -0.0794. The van der Waals surface area contributed by atoms with E-state index in [9.17, 15) is 10.1 Å². The van der Waals surface area contributed by atoms with E-state index in [4.69, 9.17) is 23.7 Å². The fraction of sp³-hybridized carbons (Fsp3) is 0.391. The molecule has 2 fully saturated rings. The molecule has 11 nitrogen and oxygen atoms in total. The second-order valence-corrected chi connectivity index (χ2v) is 7.97. The van der Waals surface area contributed by atoms with E-state index in [0.717, 1.165) is 5.39 Å². The van der Waals surface area contributed by atoms with Crippen molar-refractivity contribution in [1.29, 1.82) is 5.26 Å². The van der Waals surface area contributed by atoms with Crippen molar-refractivity contribution in [3.05, 3.63) is 41.7 Å². The van der Waals surface area contributed by atoms with Crippen molar-refractivity contribution in [3.63, 3.8) is 0 Å². The van der Waals surface area contributed by atoms with E-state index in [0.29, 0.717) is 60.7 Å². The van der Waals surface area contributed by atoms with Crippen LogP contribution in [0.1, 0.15) is 22.1 Å². The number of ether oxygens (including phenoxy) is 5. The topological polar surface area (TPSA) is 130 Å². The van der Waals surface area contributed by atoms with E-state index in [1.807, 2.05) is 4.57 Å². The standard InChI is InChI=1S/C23H23N5O6/c1-30-20-12-33-11-18(20)28-15(7-24)5-14-8-25-23(27-21(14)28)26-17-4-3-13(22(29)31-2)6-19(17)34-16-9-32-10-16/h3-6,8,16,18,20H,9-12H2,1-2H3,(H,25,26,27). The van der Waals surface area contributed by atoms with Gasteiger partial charge < -0.3 is 33.6 Å². The Labute approximate surface area is 195 Å². The molecule has 2 aliphatic rings. The van der Waals surface area contributed by atoms with Gasteiger partial charge in [0.1, 0.15) is 35.4 Å². The highest BCUT2D eigenvalue weighted by molar-refractivity contribution is 5.91. The third kappa shape index (κ3) is 4.03. The largest absolute Gasteiger partial charge is 0.483 e. The first-order valence-corrected chi connectivity index (χ1v) is 10.7. The van der Waals surface area contributed by atoms with Gasteiger partial charge in [-0.25, -0.2) is 9.78 Å². The van der Waals surface area contributed by atoms with Crippen LogP contribution < -0.4 is 10.1 Å². The Bertz CT molecular complexity index is 1260. The molecule has 34 heavy (non-hydrogen) atoms. The van der Waals surface area contributed by atoms with Crippen LogP contribution in [0.2, 0.25) is 0 Å². The summed E-state index contributed by atoms with van der Waals surface area (Å²) in [5.41, 5.74) is 1.98. The first-order chi connectivity index (χ1) is 16.6. The summed E-state index contributed by atoms with van der Waals surface area (Å²) < 4.78 is 29.0. The third-order valence-corrected chi connectivity index (χ3v) is 5.88. The molecule has 2 saturated heterocycles. The number of carbonyl (C=O) groups is 1. The lowest BCUT2D eigenvalue weighted by Gasteiger charge is -2.28. The number of esters is 1. The first kappa shape index (κ1) is 22.1. The minimum Gasteiger partial charge on any atom is -0.483 e. The number of hydrogen-bond acceptors (Lipinski definition) is 10. The van der Waals surface area contributed by atoms with Crippen molar-refractivity contribution in [3.8, 4) is 11.8 Å². The Balaban J connectivity index is 1.51. The van der Waals surface area contributed by atoms with Gasteiger partial charge in [-0.1, -0.05) is 0 Å². The van der Waals surface area contributed by atoms with Gasteiger partial charge in [-0.2, -0.15) is 10.2 Å². The van der Waals surface area contributed by atoms with Crippen molar-refractivity contribution < 1.29 is 28.5 Å². The van der Waals surface area contributed by atoms with Crippen LogP contribution in [0.25, 0.3) is 11.0 Å². The molecule has 0 aliphatic carbocycles. The van der Waals surface area contributed by atoms with Gasteiger partial charge in [0.2, 0.25) is 5.95 Å². The highest BCUT2D eigenvalue weighted by Crippen LogP contribution is 2.32. The summed E-state index contributed by atoms with van der Waals surface area (Å²) >= 11 is 0. The van der Waals surface area contributed by atoms with Crippen LogP contribution in [0.3, 0.4) is 0 Å². The second kappa shape index (κ2) is 9.26. The summed E-state index contributed by atoms with van der Waals surface area (Å²) in [6.45, 7) is 1.80. The average Bonchev–Trinajstić information content (AvgIpc) is 3.44. The van der Waals surface area contributed by atoms with Crippen molar-refractivity contribution >= 4 is 28.6 Å². The fourth-order valence-corrected chi connectivity index (χ4v) is 4.03. The SMILES string of the molecule is COC(=O)c1ccc(Nc2ncc3cc(C#N)n(C4COCC4OC)c3n2)c(OC2COC2)c1. The molecule has 2 unspecified atom stereocenters. The molecule has 3 aromatic rings. The Kier molecular flexibility index (Phi) is 6.02. The van der Waals surface area contributed by atoms with Crippen LogP contribution >= 0.6 is 0 Å². The maximum atomic E-state index is 12.0. The van der Waals surface area contributed by atoms with Crippen LogP contribution in [0.15, 0.2) is 30.5 Å². The van der Waals surface area contributed by atoms with E-state index in [2.05, 4.69) is 21.4 Å². The molecule has 1 aromatic carbocycles. The van der Waals surface area contributed by atoms with Gasteiger partial charge in [0, 0.05) is 18.7 Å². The molecule has 11 heteroatoms. The summed E-state index contributed by atoms with van der Waals surface area (Å²) in [5.74, 6) is 0.300. The van der Waals surface area contributed by atoms with Gasteiger partial charge in [-0.15, -0.1) is 0 Å². The summed E-state index contributed by atoms with van der Waals surface area (Å²) in [6, 6.07) is 8.75. The Morgan fingerprint density at radius 1 is 1.21 bits per heavy atom. The maximum absolute atomic E-state index is 12.0. The second-order valence-electron chi connectivity index (χ2n) is 7.97. The molecule has 2 atom stereocenters. The predicted molar refractivity (Wildman–Crippen MR) is 119 cm³/mol. The maximum Gasteiger partial charge on any atom is 0.337 e. The summed E-state index contributed by atoms with van der Waals surface area (Å²) in [7, 11) is 2.95. The number of methoxy groups -OCH3 is 2. The van der Waals surface area contributed by atoms with Crippen molar-refractivity contribution in [1.82, 2.24) is 14.5 Å². The molecule has 0 bridgehead atoms. The van der Waals surface area contributed by atoms with Crippen molar-refractivity contribution in [2.45, 2.75) is 18.2 Å². The first-order valence-electron chi connectivity index (χ1n) is 10.7. The van der Waals surface area contributed by atoms with Crippen LogP contribution in [0.5, 0.6) is 5.75 Å². The number of rotatable bonds is 7. The molecule has 2 aromatic heterocycles. The van der Waals surface area contributed by atoms with Gasteiger partial charge >= 0.3 is 5.97 Å². The van der Waals surface area contributed by atoms with Gasteiger partial charge in [0.05, 0.1) is 50.8 Å². The number of hydrogen-bond donors (Lipinski definition) is 1. The number of nitrogens with zero attached hydrogens (tertiary/aromatic N) is 4. The molecule has 1 N–H and O–H groups in total. The molecular formula is C23H23N5O6. The van der Waals surface area contributed by atoms with Gasteiger partial charge in [0.15, 0.2) is 0 Å². The Hall–Kier alpha value is -3.72. The molecule has 0 radical (unpaired) electrons. The van der Waals surface area contributed by atoms with E-state index in [-0.39, 0.29) is 18.2 Å². The smallest absolute Gasteiger partial charge is 0.337 e. The normalized spacial score (nSPS) is 20.0. The lowest BCUT2D eigenvalue weighted by Crippen LogP contribution is -2.38. The molecule has 2 aliphatic heterocycles. The fourth-order valence-electron chi connectivity index (χ4n) is 4.03. The number of fused-ring (bicyclic) bond motifs is 1. The van der Waals surface area contributed by atoms with E-state index in [1.165, 1.54) is 7.11 Å². The van der Waals surface area contributed by atoms with Crippen LogP contribution in [0, 0.1) is 11.3 Å². The Morgan fingerprint density at radius 3 is 2.74 bits per heavy atom. The monoisotopic (exact) mass is 465 g/mol. The molecule has 0 amide bonds. The van der Waals surface area contributed by atoms with Crippen LogP contribution in [-0.4, -0.2) is 73.4 Å². The molecular weight excluding hydrogens is 442 g/mol. The predicted octanol–water partition coefficient (Wildman–Crippen LogP) is 2.20. The highest BCUT2D eigenvalue weighted by Gasteiger charge is 2.33. The van der Waals surface area contributed by atoms with Crippen molar-refractivity contribution in [2.75, 3.05) is 46.0 Å². The van der Waals surface area contributed by atoms with Gasteiger partial charge in [0.25, 0.3) is 0 Å². The summed E-state index contributed by atoms with van der Waals surface area (Å²) in [5, 5.41) is 13.6. The van der Waals surface area contributed by atoms with Gasteiger partial charge in [-0.05, 0) is 24.3 Å². The minimum atomic E-state index is -0.465. The van der Waals surface area contributed by atoms with Crippen molar-refractivity contribution in [2.24, 2.45) is 0 Å². The number of carbonyl (C=O) groups excluding carboxylic acids is 1. The third-order valence-electron chi connectivity index (χ3n) is 5.88. The number of nitriles is 1. The quantitative estimate of drug-likeness (QED) is 0.518. The molecule has 176 valence electrons. The number of benzene rings is 1. The Morgan fingerprint density at radius 2 is 2.03 bits per heavy atom.